The molecule has 0 aliphatic carbocycles. The minimum absolute atomic E-state index is 0.209. The van der Waals surface area contributed by atoms with Crippen LogP contribution in [0.1, 0.15) is 31.8 Å². The number of rotatable bonds is 2. The van der Waals surface area contributed by atoms with E-state index in [1.54, 1.807) is 34.1 Å². The molecule has 0 bridgehead atoms. The Balaban J connectivity index is 1.74. The summed E-state index contributed by atoms with van der Waals surface area (Å²) < 4.78 is 13.4. The second kappa shape index (κ2) is 6.35. The van der Waals surface area contributed by atoms with E-state index in [2.05, 4.69) is 10.2 Å². The van der Waals surface area contributed by atoms with Crippen LogP contribution in [0.25, 0.3) is 0 Å². The summed E-state index contributed by atoms with van der Waals surface area (Å²) in [7, 11) is 0. The van der Waals surface area contributed by atoms with Crippen LogP contribution in [0.4, 0.5) is 4.39 Å². The lowest BCUT2D eigenvalue weighted by molar-refractivity contribution is 0.0374. The van der Waals surface area contributed by atoms with Crippen molar-refractivity contribution in [2.24, 2.45) is 0 Å². The highest BCUT2D eigenvalue weighted by Crippen LogP contribution is 2.49. The first kappa shape index (κ1) is 17.8. The predicted octanol–water partition coefficient (Wildman–Crippen LogP) is 3.08. The third-order valence-corrected chi connectivity index (χ3v) is 5.75. The Hall–Kier alpha value is -3.32. The van der Waals surface area contributed by atoms with Crippen LogP contribution in [0.15, 0.2) is 60.9 Å². The molecule has 3 aromatic rings. The molecular formula is C21H14ClFN4O2. The third kappa shape index (κ3) is 2.40. The van der Waals surface area contributed by atoms with E-state index in [-0.39, 0.29) is 11.8 Å². The van der Waals surface area contributed by atoms with Crippen LogP contribution < -0.4 is 0 Å². The summed E-state index contributed by atoms with van der Waals surface area (Å²) in [6.07, 6.45) is 2.95. The summed E-state index contributed by atoms with van der Waals surface area (Å²) >= 11 is 6.08. The molecule has 2 aromatic carbocycles. The zero-order chi connectivity index (χ0) is 20.2. The first-order valence-electron chi connectivity index (χ1n) is 9.00. The van der Waals surface area contributed by atoms with E-state index in [4.69, 9.17) is 11.6 Å². The van der Waals surface area contributed by atoms with Gasteiger partial charge in [0.15, 0.2) is 5.66 Å². The van der Waals surface area contributed by atoms with Crippen LogP contribution in [-0.4, -0.2) is 44.9 Å². The summed E-state index contributed by atoms with van der Waals surface area (Å²) in [5.41, 5.74) is 0.900. The highest BCUT2D eigenvalue weighted by Gasteiger charge is 2.60. The van der Waals surface area contributed by atoms with Crippen molar-refractivity contribution in [3.63, 3.8) is 0 Å². The summed E-state index contributed by atoms with van der Waals surface area (Å²) in [4.78, 5) is 29.9. The van der Waals surface area contributed by atoms with Crippen molar-refractivity contribution >= 4 is 23.4 Å². The van der Waals surface area contributed by atoms with E-state index >= 15 is 0 Å². The SMILES string of the molecule is O=C(c1ccc(F)cc1)N1CCN2C(=O)c3cnncc3C12c1ccc(Cl)cc1. The molecule has 0 radical (unpaired) electrons. The maximum Gasteiger partial charge on any atom is 0.258 e. The van der Waals surface area contributed by atoms with Crippen molar-refractivity contribution in [3.8, 4) is 0 Å². The van der Waals surface area contributed by atoms with Crippen LogP contribution in [0.3, 0.4) is 0 Å². The highest BCUT2D eigenvalue weighted by molar-refractivity contribution is 6.30. The maximum absolute atomic E-state index is 13.5. The molecule has 0 saturated carbocycles. The number of fused-ring (bicyclic) bond motifs is 3. The minimum atomic E-state index is -1.15. The summed E-state index contributed by atoms with van der Waals surface area (Å²) in [6, 6.07) is 12.4. The van der Waals surface area contributed by atoms with Crippen LogP contribution in [-0.2, 0) is 5.66 Å². The Labute approximate surface area is 170 Å². The lowest BCUT2D eigenvalue weighted by Gasteiger charge is -2.40. The first-order valence-corrected chi connectivity index (χ1v) is 9.38. The average Bonchev–Trinajstić information content (AvgIpc) is 3.25. The van der Waals surface area contributed by atoms with Gasteiger partial charge < -0.3 is 9.80 Å². The Kier molecular flexibility index (Phi) is 3.89. The Morgan fingerprint density at radius 3 is 2.41 bits per heavy atom. The van der Waals surface area contributed by atoms with Crippen molar-refractivity contribution < 1.29 is 14.0 Å². The lowest BCUT2D eigenvalue weighted by atomic mass is 9.91. The monoisotopic (exact) mass is 408 g/mol. The van der Waals surface area contributed by atoms with E-state index in [0.717, 1.165) is 5.56 Å². The maximum atomic E-state index is 13.5. The van der Waals surface area contributed by atoms with Crippen molar-refractivity contribution in [1.29, 1.82) is 0 Å². The van der Waals surface area contributed by atoms with Gasteiger partial charge in [-0.1, -0.05) is 23.7 Å². The predicted molar refractivity (Wildman–Crippen MR) is 103 cm³/mol. The number of amides is 2. The molecule has 1 atom stereocenters. The normalized spacial score (nSPS) is 20.0. The molecule has 5 rings (SSSR count). The molecule has 29 heavy (non-hydrogen) atoms. The molecule has 2 aliphatic rings. The van der Waals surface area contributed by atoms with Gasteiger partial charge in [-0.25, -0.2) is 4.39 Å². The van der Waals surface area contributed by atoms with Crippen molar-refractivity contribution in [1.82, 2.24) is 20.0 Å². The van der Waals surface area contributed by atoms with Gasteiger partial charge in [-0.15, -0.1) is 0 Å². The third-order valence-electron chi connectivity index (χ3n) is 5.49. The van der Waals surface area contributed by atoms with Gasteiger partial charge in [0.25, 0.3) is 11.8 Å². The molecule has 3 heterocycles. The van der Waals surface area contributed by atoms with E-state index in [9.17, 15) is 14.0 Å². The summed E-state index contributed by atoms with van der Waals surface area (Å²) in [6.45, 7) is 0.676. The van der Waals surface area contributed by atoms with Crippen molar-refractivity contribution in [3.05, 3.63) is 94.0 Å². The molecule has 2 aliphatic heterocycles. The Bertz CT molecular complexity index is 1140. The van der Waals surface area contributed by atoms with Gasteiger partial charge in [0.1, 0.15) is 5.82 Å². The average molecular weight is 409 g/mol. The molecule has 0 spiro atoms. The zero-order valence-electron chi connectivity index (χ0n) is 15.0. The lowest BCUT2D eigenvalue weighted by Crippen LogP contribution is -2.51. The number of aromatic nitrogens is 2. The molecule has 144 valence electrons. The molecule has 0 N–H and O–H groups in total. The molecule has 1 fully saturated rings. The number of nitrogens with zero attached hydrogens (tertiary/aromatic N) is 4. The number of hydrogen-bond acceptors (Lipinski definition) is 4. The molecular weight excluding hydrogens is 395 g/mol. The van der Waals surface area contributed by atoms with Gasteiger partial charge >= 0.3 is 0 Å². The quantitative estimate of drug-likeness (QED) is 0.653. The van der Waals surface area contributed by atoms with Gasteiger partial charge in [-0.05, 0) is 36.4 Å². The van der Waals surface area contributed by atoms with E-state index < -0.39 is 11.5 Å². The fourth-order valence-electron chi connectivity index (χ4n) is 4.27. The molecule has 1 unspecified atom stereocenters. The van der Waals surface area contributed by atoms with Crippen molar-refractivity contribution in [2.75, 3.05) is 13.1 Å². The number of carbonyl (C=O) groups is 2. The second-order valence-corrected chi connectivity index (χ2v) is 7.35. The van der Waals surface area contributed by atoms with Crippen LogP contribution in [0, 0.1) is 5.82 Å². The topological polar surface area (TPSA) is 66.4 Å². The first-order chi connectivity index (χ1) is 14.0. The molecule has 1 saturated heterocycles. The molecule has 8 heteroatoms. The molecule has 6 nitrogen and oxygen atoms in total. The molecule has 2 amide bonds. The minimum Gasteiger partial charge on any atom is -0.306 e. The smallest absolute Gasteiger partial charge is 0.258 e. The van der Waals surface area contributed by atoms with Gasteiger partial charge in [-0.2, -0.15) is 10.2 Å². The van der Waals surface area contributed by atoms with E-state index in [1.165, 1.54) is 36.7 Å². The number of hydrogen-bond donors (Lipinski definition) is 0. The largest absolute Gasteiger partial charge is 0.306 e. The van der Waals surface area contributed by atoms with Gasteiger partial charge in [-0.3, -0.25) is 9.59 Å². The number of halogens is 2. The molecule has 1 aromatic heterocycles. The summed E-state index contributed by atoms with van der Waals surface area (Å²) in [5.74, 6) is -0.937. The van der Waals surface area contributed by atoms with Crippen LogP contribution in [0.5, 0.6) is 0 Å². The Morgan fingerprint density at radius 2 is 1.69 bits per heavy atom. The van der Waals surface area contributed by atoms with Crippen molar-refractivity contribution in [2.45, 2.75) is 5.66 Å². The van der Waals surface area contributed by atoms with Crippen LogP contribution in [0.2, 0.25) is 5.02 Å². The Morgan fingerprint density at radius 1 is 1.00 bits per heavy atom. The summed E-state index contributed by atoms with van der Waals surface area (Å²) in [5, 5.41) is 8.37. The second-order valence-electron chi connectivity index (χ2n) is 6.92. The van der Waals surface area contributed by atoms with Gasteiger partial charge in [0.05, 0.1) is 18.0 Å². The number of benzene rings is 2. The van der Waals surface area contributed by atoms with E-state index in [0.29, 0.717) is 34.8 Å². The highest BCUT2D eigenvalue weighted by atomic mass is 35.5. The van der Waals surface area contributed by atoms with Crippen LogP contribution >= 0.6 is 11.6 Å². The fraction of sp³-hybridized carbons (Fsp3) is 0.143. The van der Waals surface area contributed by atoms with E-state index in [1.807, 2.05) is 0 Å². The van der Waals surface area contributed by atoms with Gasteiger partial charge in [0, 0.05) is 34.8 Å². The zero-order valence-corrected chi connectivity index (χ0v) is 15.8. The fourth-order valence-corrected chi connectivity index (χ4v) is 4.40. The van der Waals surface area contributed by atoms with Gasteiger partial charge in [0.2, 0.25) is 0 Å². The standard InChI is InChI=1S/C21H14ClFN4O2/c22-15-5-3-14(4-6-15)21-18-12-25-24-11-17(18)20(29)27(21)10-9-26(21)19(28)13-1-7-16(23)8-2-13/h1-8,11-12H,9-10H2. The number of carbonyl (C=O) groups excluding carboxylic acids is 2.